The summed E-state index contributed by atoms with van der Waals surface area (Å²) in [7, 11) is 0.977. The van der Waals surface area contributed by atoms with Crippen LogP contribution in [0.3, 0.4) is 0 Å². The fourth-order valence-electron chi connectivity index (χ4n) is 2.11. The molecule has 1 saturated heterocycles. The predicted molar refractivity (Wildman–Crippen MR) is 80.4 cm³/mol. The Hall–Kier alpha value is -0.715. The van der Waals surface area contributed by atoms with Crippen LogP contribution in [0.5, 0.6) is 5.75 Å². The van der Waals surface area contributed by atoms with Gasteiger partial charge in [0, 0.05) is 5.46 Å². The Kier molecular flexibility index (Phi) is 4.11. The lowest BCUT2D eigenvalue weighted by Crippen LogP contribution is -2.41. The number of rotatable bonds is 3. The van der Waals surface area contributed by atoms with Gasteiger partial charge in [-0.2, -0.15) is 0 Å². The smallest absolute Gasteiger partial charge is 0.496 e. The van der Waals surface area contributed by atoms with E-state index in [9.17, 15) is 4.39 Å². The van der Waals surface area contributed by atoms with Crippen molar-refractivity contribution < 1.29 is 18.4 Å². The van der Waals surface area contributed by atoms with Crippen molar-refractivity contribution in [3.63, 3.8) is 0 Å². The SMILES string of the molecule is COc1c(B2OC(C)(C)C(C)(C)O2)ccc(F)c1SC. The molecule has 20 heavy (non-hydrogen) atoms. The molecule has 0 amide bonds. The Morgan fingerprint density at radius 1 is 1.15 bits per heavy atom. The Balaban J connectivity index is 2.45. The van der Waals surface area contributed by atoms with Crippen molar-refractivity contribution >= 4 is 24.3 Å². The van der Waals surface area contributed by atoms with Crippen molar-refractivity contribution in [2.75, 3.05) is 13.4 Å². The van der Waals surface area contributed by atoms with Gasteiger partial charge in [-0.1, -0.05) is 6.07 Å². The average molecular weight is 298 g/mol. The fraction of sp³-hybridized carbons (Fsp3) is 0.571. The second-order valence-corrected chi connectivity index (χ2v) is 6.61. The molecule has 0 atom stereocenters. The third-order valence-corrected chi connectivity index (χ3v) is 4.80. The normalized spacial score (nSPS) is 20.2. The van der Waals surface area contributed by atoms with Crippen molar-refractivity contribution in [2.45, 2.75) is 43.8 Å². The van der Waals surface area contributed by atoms with Gasteiger partial charge in [0.05, 0.1) is 23.2 Å². The van der Waals surface area contributed by atoms with E-state index >= 15 is 0 Å². The molecular formula is C14H20BFO3S. The van der Waals surface area contributed by atoms with Gasteiger partial charge in [0.15, 0.2) is 0 Å². The molecule has 0 saturated carbocycles. The lowest BCUT2D eigenvalue weighted by molar-refractivity contribution is 0.00578. The van der Waals surface area contributed by atoms with Crippen LogP contribution in [0.2, 0.25) is 0 Å². The zero-order chi connectivity index (χ0) is 15.1. The second-order valence-electron chi connectivity index (χ2n) is 5.79. The van der Waals surface area contributed by atoms with E-state index in [0.717, 1.165) is 5.46 Å². The predicted octanol–water partition coefficient (Wildman–Crippen LogP) is 2.86. The quantitative estimate of drug-likeness (QED) is 0.633. The van der Waals surface area contributed by atoms with Crippen molar-refractivity contribution in [2.24, 2.45) is 0 Å². The molecule has 0 radical (unpaired) electrons. The van der Waals surface area contributed by atoms with Crippen LogP contribution in [-0.2, 0) is 9.31 Å². The highest BCUT2D eigenvalue weighted by Gasteiger charge is 2.52. The Morgan fingerprint density at radius 2 is 1.70 bits per heavy atom. The summed E-state index contributed by atoms with van der Waals surface area (Å²) in [6.45, 7) is 7.94. The van der Waals surface area contributed by atoms with Crippen LogP contribution >= 0.6 is 11.8 Å². The van der Waals surface area contributed by atoms with E-state index < -0.39 is 18.3 Å². The summed E-state index contributed by atoms with van der Waals surface area (Å²) in [5, 5.41) is 0. The van der Waals surface area contributed by atoms with Crippen molar-refractivity contribution in [3.8, 4) is 5.75 Å². The van der Waals surface area contributed by atoms with Gasteiger partial charge >= 0.3 is 7.12 Å². The summed E-state index contributed by atoms with van der Waals surface area (Å²) < 4.78 is 31.2. The lowest BCUT2D eigenvalue weighted by Gasteiger charge is -2.32. The molecule has 0 N–H and O–H groups in total. The molecular weight excluding hydrogens is 278 g/mol. The monoisotopic (exact) mass is 298 g/mol. The summed E-state index contributed by atoms with van der Waals surface area (Å²) in [5.41, 5.74) is -0.149. The van der Waals surface area contributed by atoms with E-state index in [2.05, 4.69) is 0 Å². The molecule has 1 heterocycles. The molecule has 3 nitrogen and oxygen atoms in total. The molecule has 110 valence electrons. The van der Waals surface area contributed by atoms with Crippen LogP contribution in [0.4, 0.5) is 4.39 Å². The Morgan fingerprint density at radius 3 is 2.15 bits per heavy atom. The number of methoxy groups -OCH3 is 1. The number of halogens is 1. The maximum Gasteiger partial charge on any atom is 0.498 e. The highest BCUT2D eigenvalue weighted by Crippen LogP contribution is 2.38. The standard InChI is InChI=1S/C14H20BFO3S/c1-13(2)14(3,4)19-15(18-13)9-7-8-10(16)12(20-6)11(9)17-5/h7-8H,1-6H3. The molecule has 1 fully saturated rings. The first-order chi connectivity index (χ1) is 9.23. The summed E-state index contributed by atoms with van der Waals surface area (Å²) in [6, 6.07) is 3.09. The summed E-state index contributed by atoms with van der Waals surface area (Å²) in [4.78, 5) is 0.472. The van der Waals surface area contributed by atoms with Gasteiger partial charge in [-0.3, -0.25) is 0 Å². The maximum atomic E-state index is 13.8. The van der Waals surface area contributed by atoms with Crippen LogP contribution in [0, 0.1) is 5.82 Å². The van der Waals surface area contributed by atoms with Gasteiger partial charge in [0.2, 0.25) is 0 Å². The molecule has 6 heteroatoms. The van der Waals surface area contributed by atoms with Gasteiger partial charge in [0.25, 0.3) is 0 Å². The molecule has 0 unspecified atom stereocenters. The molecule has 0 aliphatic carbocycles. The molecule has 0 spiro atoms. The summed E-state index contributed by atoms with van der Waals surface area (Å²) in [5.74, 6) is 0.186. The van der Waals surface area contributed by atoms with Crippen LogP contribution < -0.4 is 10.2 Å². The summed E-state index contributed by atoms with van der Waals surface area (Å²) >= 11 is 1.31. The molecule has 1 aliphatic heterocycles. The Bertz CT molecular complexity index is 503. The zero-order valence-electron chi connectivity index (χ0n) is 12.7. The number of hydrogen-bond acceptors (Lipinski definition) is 4. The third-order valence-electron chi connectivity index (χ3n) is 4.01. The van der Waals surface area contributed by atoms with Gasteiger partial charge in [-0.15, -0.1) is 11.8 Å². The van der Waals surface area contributed by atoms with Gasteiger partial charge in [-0.25, -0.2) is 4.39 Å². The summed E-state index contributed by atoms with van der Waals surface area (Å²) in [6.07, 6.45) is 1.81. The minimum atomic E-state index is -0.554. The van der Waals surface area contributed by atoms with Crippen LogP contribution in [0.15, 0.2) is 17.0 Å². The van der Waals surface area contributed by atoms with E-state index in [1.807, 2.05) is 34.0 Å². The van der Waals surface area contributed by atoms with Crippen molar-refractivity contribution in [3.05, 3.63) is 17.9 Å². The van der Waals surface area contributed by atoms with E-state index in [1.165, 1.54) is 24.9 Å². The van der Waals surface area contributed by atoms with Crippen LogP contribution in [0.25, 0.3) is 0 Å². The number of hydrogen-bond donors (Lipinski definition) is 0. The van der Waals surface area contributed by atoms with Crippen molar-refractivity contribution in [1.29, 1.82) is 0 Å². The fourth-order valence-corrected chi connectivity index (χ4v) is 2.76. The Labute approximate surface area is 124 Å². The first-order valence-corrected chi connectivity index (χ1v) is 7.72. The van der Waals surface area contributed by atoms with Gasteiger partial charge in [0.1, 0.15) is 11.6 Å². The maximum absolute atomic E-state index is 13.8. The largest absolute Gasteiger partial charge is 0.498 e. The van der Waals surface area contributed by atoms with E-state index in [-0.39, 0.29) is 5.82 Å². The van der Waals surface area contributed by atoms with Crippen molar-refractivity contribution in [1.82, 2.24) is 0 Å². The first-order valence-electron chi connectivity index (χ1n) is 6.49. The molecule has 0 bridgehead atoms. The highest BCUT2D eigenvalue weighted by atomic mass is 32.2. The van der Waals surface area contributed by atoms with Crippen LogP contribution in [-0.4, -0.2) is 31.7 Å². The zero-order valence-corrected chi connectivity index (χ0v) is 13.6. The lowest BCUT2D eigenvalue weighted by atomic mass is 9.78. The van der Waals surface area contributed by atoms with Crippen LogP contribution in [0.1, 0.15) is 27.7 Å². The number of thioether (sulfide) groups is 1. The minimum absolute atomic E-state index is 0.297. The molecule has 2 rings (SSSR count). The second kappa shape index (κ2) is 5.24. The highest BCUT2D eigenvalue weighted by molar-refractivity contribution is 7.98. The van der Waals surface area contributed by atoms with E-state index in [4.69, 9.17) is 14.0 Å². The average Bonchev–Trinajstić information content (AvgIpc) is 2.57. The molecule has 1 aromatic carbocycles. The number of benzene rings is 1. The topological polar surface area (TPSA) is 27.7 Å². The van der Waals surface area contributed by atoms with Gasteiger partial charge in [-0.05, 0) is 40.0 Å². The minimum Gasteiger partial charge on any atom is -0.496 e. The van der Waals surface area contributed by atoms with E-state index in [0.29, 0.717) is 10.6 Å². The molecule has 1 aliphatic rings. The molecule has 1 aromatic rings. The van der Waals surface area contributed by atoms with E-state index in [1.54, 1.807) is 6.07 Å². The number of ether oxygens (including phenoxy) is 1. The molecule has 0 aromatic heterocycles. The van der Waals surface area contributed by atoms with Gasteiger partial charge < -0.3 is 14.0 Å². The third kappa shape index (κ3) is 2.45. The first kappa shape index (κ1) is 15.7.